The Balaban J connectivity index is 1.57. The molecule has 2 aromatic carbocycles. The molecule has 1 aliphatic rings. The summed E-state index contributed by atoms with van der Waals surface area (Å²) in [6.45, 7) is 4.20. The lowest BCUT2D eigenvalue weighted by Gasteiger charge is -2.30. The number of alkyl halides is 3. The second kappa shape index (κ2) is 9.00. The van der Waals surface area contributed by atoms with Gasteiger partial charge in [0.15, 0.2) is 0 Å². The van der Waals surface area contributed by atoms with Crippen LogP contribution in [-0.4, -0.2) is 31.7 Å². The molecule has 1 heterocycles. The molecule has 1 fully saturated rings. The maximum Gasteiger partial charge on any atom is 0.416 e. The number of nitrogens with zero attached hydrogens (tertiary/aromatic N) is 1. The second-order valence-corrected chi connectivity index (χ2v) is 9.78. The van der Waals surface area contributed by atoms with Crippen LogP contribution in [0.2, 0.25) is 0 Å². The average molecular weight is 455 g/mol. The summed E-state index contributed by atoms with van der Waals surface area (Å²) in [6.07, 6.45) is -3.72. The van der Waals surface area contributed by atoms with Gasteiger partial charge < -0.3 is 5.32 Å². The van der Waals surface area contributed by atoms with Crippen LogP contribution in [0, 0.1) is 19.8 Å². The van der Waals surface area contributed by atoms with E-state index >= 15 is 0 Å². The SMILES string of the molecule is Cc1ccc(S(=O)(=O)N2CCC(C(=O)NCc3cccc(C(F)(F)F)c3)CC2)cc1C. The molecule has 0 aromatic heterocycles. The zero-order chi connectivity index (χ0) is 22.8. The van der Waals surface area contributed by atoms with Crippen molar-refractivity contribution in [3.8, 4) is 0 Å². The van der Waals surface area contributed by atoms with Crippen LogP contribution < -0.4 is 5.32 Å². The number of carbonyl (C=O) groups is 1. The highest BCUT2D eigenvalue weighted by Crippen LogP contribution is 2.30. The van der Waals surface area contributed by atoms with Gasteiger partial charge in [-0.05, 0) is 67.6 Å². The van der Waals surface area contributed by atoms with Crippen molar-refractivity contribution < 1.29 is 26.4 Å². The molecule has 0 unspecified atom stereocenters. The van der Waals surface area contributed by atoms with Gasteiger partial charge in [-0.3, -0.25) is 4.79 Å². The molecular formula is C22H25F3N2O3S. The number of amides is 1. The largest absolute Gasteiger partial charge is 0.416 e. The van der Waals surface area contributed by atoms with Gasteiger partial charge in [-0.15, -0.1) is 0 Å². The Morgan fingerprint density at radius 1 is 1.06 bits per heavy atom. The predicted molar refractivity (Wildman–Crippen MR) is 111 cm³/mol. The molecule has 2 aromatic rings. The normalized spacial score (nSPS) is 16.3. The Labute approximate surface area is 180 Å². The Hall–Kier alpha value is -2.39. The van der Waals surface area contributed by atoms with Crippen LogP contribution >= 0.6 is 0 Å². The second-order valence-electron chi connectivity index (χ2n) is 7.84. The van der Waals surface area contributed by atoms with Crippen LogP contribution in [0.5, 0.6) is 0 Å². The van der Waals surface area contributed by atoms with Crippen molar-refractivity contribution in [1.29, 1.82) is 0 Å². The number of hydrogen-bond acceptors (Lipinski definition) is 3. The summed E-state index contributed by atoms with van der Waals surface area (Å²) in [5.41, 5.74) is 1.50. The first-order valence-corrected chi connectivity index (χ1v) is 11.4. The van der Waals surface area contributed by atoms with E-state index in [0.717, 1.165) is 23.3 Å². The van der Waals surface area contributed by atoms with Crippen LogP contribution in [0.15, 0.2) is 47.4 Å². The Kier molecular flexibility index (Phi) is 6.76. The summed E-state index contributed by atoms with van der Waals surface area (Å²) in [5.74, 6) is -0.655. The number of hydrogen-bond donors (Lipinski definition) is 1. The van der Waals surface area contributed by atoms with Gasteiger partial charge in [0.2, 0.25) is 15.9 Å². The van der Waals surface area contributed by atoms with Crippen molar-refractivity contribution in [3.63, 3.8) is 0 Å². The maximum atomic E-state index is 12.9. The highest BCUT2D eigenvalue weighted by Gasteiger charge is 2.33. The standard InChI is InChI=1S/C22H25F3N2O3S/c1-15-6-7-20(12-16(15)2)31(29,30)27-10-8-18(9-11-27)21(28)26-14-17-4-3-5-19(13-17)22(23,24)25/h3-7,12-13,18H,8-11,14H2,1-2H3,(H,26,28). The van der Waals surface area contributed by atoms with E-state index in [-0.39, 0.29) is 36.4 Å². The van der Waals surface area contributed by atoms with Gasteiger partial charge in [0.05, 0.1) is 10.5 Å². The van der Waals surface area contributed by atoms with Crippen LogP contribution in [0.25, 0.3) is 0 Å². The van der Waals surface area contributed by atoms with E-state index in [4.69, 9.17) is 0 Å². The smallest absolute Gasteiger partial charge is 0.352 e. The first kappa shape index (κ1) is 23.3. The molecule has 0 bridgehead atoms. The first-order valence-electron chi connectivity index (χ1n) is 10.00. The maximum absolute atomic E-state index is 12.9. The number of rotatable bonds is 5. The van der Waals surface area contributed by atoms with Crippen molar-refractivity contribution in [2.24, 2.45) is 5.92 Å². The number of carbonyl (C=O) groups excluding carboxylic acids is 1. The van der Waals surface area contributed by atoms with Gasteiger partial charge in [0, 0.05) is 25.6 Å². The summed E-state index contributed by atoms with van der Waals surface area (Å²) in [6, 6.07) is 9.84. The minimum Gasteiger partial charge on any atom is -0.352 e. The molecule has 168 valence electrons. The third-order valence-corrected chi connectivity index (χ3v) is 7.56. The summed E-state index contributed by atoms with van der Waals surface area (Å²) >= 11 is 0. The number of nitrogens with one attached hydrogen (secondary N) is 1. The summed E-state index contributed by atoms with van der Waals surface area (Å²) in [5, 5.41) is 2.67. The molecular weight excluding hydrogens is 429 g/mol. The predicted octanol–water partition coefficient (Wildman–Crippen LogP) is 4.04. The van der Waals surface area contributed by atoms with Crippen molar-refractivity contribution in [2.75, 3.05) is 13.1 Å². The van der Waals surface area contributed by atoms with Crippen LogP contribution in [-0.2, 0) is 27.5 Å². The van der Waals surface area contributed by atoms with Gasteiger partial charge >= 0.3 is 6.18 Å². The molecule has 1 amide bonds. The van der Waals surface area contributed by atoms with Crippen molar-refractivity contribution in [2.45, 2.75) is 44.3 Å². The third kappa shape index (κ3) is 5.46. The van der Waals surface area contributed by atoms with E-state index in [1.54, 1.807) is 18.2 Å². The van der Waals surface area contributed by atoms with E-state index < -0.39 is 21.8 Å². The van der Waals surface area contributed by atoms with Gasteiger partial charge in [-0.2, -0.15) is 17.5 Å². The number of sulfonamides is 1. The van der Waals surface area contributed by atoms with Gasteiger partial charge in [0.25, 0.3) is 0 Å². The molecule has 0 saturated carbocycles. The summed E-state index contributed by atoms with van der Waals surface area (Å²) in [4.78, 5) is 12.7. The Morgan fingerprint density at radius 2 is 1.74 bits per heavy atom. The minimum atomic E-state index is -4.44. The van der Waals surface area contributed by atoms with Crippen LogP contribution in [0.3, 0.4) is 0 Å². The molecule has 0 atom stereocenters. The Morgan fingerprint density at radius 3 is 2.35 bits per heavy atom. The molecule has 9 heteroatoms. The quantitative estimate of drug-likeness (QED) is 0.742. The molecule has 1 aliphatic heterocycles. The average Bonchev–Trinajstić information content (AvgIpc) is 2.73. The summed E-state index contributed by atoms with van der Waals surface area (Å²) in [7, 11) is -3.63. The van der Waals surface area contributed by atoms with E-state index in [1.165, 1.54) is 16.4 Å². The van der Waals surface area contributed by atoms with E-state index in [1.807, 2.05) is 13.8 Å². The topological polar surface area (TPSA) is 66.5 Å². The lowest BCUT2D eigenvalue weighted by Crippen LogP contribution is -2.42. The zero-order valence-electron chi connectivity index (χ0n) is 17.4. The molecule has 0 aliphatic carbocycles. The molecule has 31 heavy (non-hydrogen) atoms. The number of halogens is 3. The number of piperidine rings is 1. The lowest BCUT2D eigenvalue weighted by atomic mass is 9.97. The molecule has 0 spiro atoms. The van der Waals surface area contributed by atoms with Crippen LogP contribution in [0.4, 0.5) is 13.2 Å². The van der Waals surface area contributed by atoms with E-state index in [2.05, 4.69) is 5.32 Å². The van der Waals surface area contributed by atoms with Gasteiger partial charge in [0.1, 0.15) is 0 Å². The van der Waals surface area contributed by atoms with E-state index in [0.29, 0.717) is 18.4 Å². The van der Waals surface area contributed by atoms with Crippen molar-refractivity contribution in [3.05, 3.63) is 64.7 Å². The fraction of sp³-hybridized carbons (Fsp3) is 0.409. The first-order chi connectivity index (χ1) is 14.5. The zero-order valence-corrected chi connectivity index (χ0v) is 18.2. The summed E-state index contributed by atoms with van der Waals surface area (Å²) < 4.78 is 65.6. The van der Waals surface area contributed by atoms with Crippen molar-refractivity contribution >= 4 is 15.9 Å². The monoisotopic (exact) mass is 454 g/mol. The lowest BCUT2D eigenvalue weighted by molar-refractivity contribution is -0.137. The molecule has 3 rings (SSSR count). The van der Waals surface area contributed by atoms with Gasteiger partial charge in [-0.25, -0.2) is 8.42 Å². The third-order valence-electron chi connectivity index (χ3n) is 5.66. The highest BCUT2D eigenvalue weighted by atomic mass is 32.2. The van der Waals surface area contributed by atoms with Gasteiger partial charge in [-0.1, -0.05) is 18.2 Å². The molecule has 1 saturated heterocycles. The fourth-order valence-electron chi connectivity index (χ4n) is 3.57. The van der Waals surface area contributed by atoms with E-state index in [9.17, 15) is 26.4 Å². The molecule has 0 radical (unpaired) electrons. The minimum absolute atomic E-state index is 0.0100. The highest BCUT2D eigenvalue weighted by molar-refractivity contribution is 7.89. The Bertz CT molecular complexity index is 1060. The fourth-order valence-corrected chi connectivity index (χ4v) is 5.13. The molecule has 5 nitrogen and oxygen atoms in total. The van der Waals surface area contributed by atoms with Crippen LogP contribution in [0.1, 0.15) is 35.1 Å². The number of benzene rings is 2. The van der Waals surface area contributed by atoms with Crippen molar-refractivity contribution in [1.82, 2.24) is 9.62 Å². The number of aryl methyl sites for hydroxylation is 2. The molecule has 1 N–H and O–H groups in total.